The van der Waals surface area contributed by atoms with Crippen molar-refractivity contribution in [2.24, 2.45) is 0 Å². The zero-order valence-corrected chi connectivity index (χ0v) is 7.03. The summed E-state index contributed by atoms with van der Waals surface area (Å²) in [5, 5.41) is 16.9. The van der Waals surface area contributed by atoms with Crippen molar-refractivity contribution in [2.45, 2.75) is 6.42 Å². The summed E-state index contributed by atoms with van der Waals surface area (Å²) in [6, 6.07) is 3.64. The van der Waals surface area contributed by atoms with E-state index >= 15 is 0 Å². The normalized spacial score (nSPS) is 9.79. The number of carboxylic acids is 2. The van der Waals surface area contributed by atoms with Crippen molar-refractivity contribution >= 4 is 11.9 Å². The third kappa shape index (κ3) is 2.07. The first kappa shape index (κ1) is 10.2. The predicted octanol–water partition coefficient (Wildman–Crippen LogP) is 1.15. The molecule has 0 heterocycles. The molecule has 1 rings (SSSR count). The SMILES string of the molecule is O=C(O)Cc1cccc(C(=O)O)c1F. The minimum absolute atomic E-state index is 0.127. The number of aliphatic carboxylic acids is 1. The first-order valence-electron chi connectivity index (χ1n) is 3.75. The van der Waals surface area contributed by atoms with Gasteiger partial charge in [0.2, 0.25) is 0 Å². The average molecular weight is 198 g/mol. The smallest absolute Gasteiger partial charge is 0.338 e. The quantitative estimate of drug-likeness (QED) is 0.763. The predicted molar refractivity (Wildman–Crippen MR) is 44.7 cm³/mol. The van der Waals surface area contributed by atoms with Crippen molar-refractivity contribution in [2.75, 3.05) is 0 Å². The van der Waals surface area contributed by atoms with E-state index in [0.29, 0.717) is 0 Å². The van der Waals surface area contributed by atoms with E-state index in [-0.39, 0.29) is 5.56 Å². The van der Waals surface area contributed by atoms with Gasteiger partial charge in [0.05, 0.1) is 12.0 Å². The van der Waals surface area contributed by atoms with Crippen LogP contribution in [0.2, 0.25) is 0 Å². The molecular weight excluding hydrogens is 191 g/mol. The molecule has 0 bridgehead atoms. The molecule has 0 aromatic heterocycles. The highest BCUT2D eigenvalue weighted by Gasteiger charge is 2.14. The summed E-state index contributed by atoms with van der Waals surface area (Å²) in [5.41, 5.74) is -0.638. The van der Waals surface area contributed by atoms with Crippen LogP contribution in [0.1, 0.15) is 15.9 Å². The molecule has 74 valence electrons. The summed E-state index contributed by atoms with van der Waals surface area (Å²) in [5.74, 6) is -3.59. The fourth-order valence-corrected chi connectivity index (χ4v) is 1.04. The highest BCUT2D eigenvalue weighted by molar-refractivity contribution is 5.88. The molecule has 0 spiro atoms. The monoisotopic (exact) mass is 198 g/mol. The Hall–Kier alpha value is -1.91. The fraction of sp³-hybridized carbons (Fsp3) is 0.111. The second-order valence-electron chi connectivity index (χ2n) is 2.65. The summed E-state index contributed by atoms with van der Waals surface area (Å²) in [4.78, 5) is 20.8. The second-order valence-corrected chi connectivity index (χ2v) is 2.65. The molecule has 4 nitrogen and oxygen atoms in total. The van der Waals surface area contributed by atoms with Gasteiger partial charge < -0.3 is 10.2 Å². The average Bonchev–Trinajstić information content (AvgIpc) is 2.07. The van der Waals surface area contributed by atoms with Gasteiger partial charge in [-0.15, -0.1) is 0 Å². The Bertz CT molecular complexity index is 386. The first-order valence-corrected chi connectivity index (χ1v) is 3.75. The van der Waals surface area contributed by atoms with Gasteiger partial charge in [0.25, 0.3) is 0 Å². The number of aromatic carboxylic acids is 1. The van der Waals surface area contributed by atoms with Crippen LogP contribution in [0, 0.1) is 5.82 Å². The lowest BCUT2D eigenvalue weighted by Gasteiger charge is -2.02. The number of halogens is 1. The van der Waals surface area contributed by atoms with Crippen LogP contribution < -0.4 is 0 Å². The van der Waals surface area contributed by atoms with Crippen molar-refractivity contribution in [3.05, 3.63) is 35.1 Å². The first-order chi connectivity index (χ1) is 6.52. The molecule has 1 aromatic rings. The van der Waals surface area contributed by atoms with Gasteiger partial charge >= 0.3 is 11.9 Å². The van der Waals surface area contributed by atoms with Gasteiger partial charge in [0, 0.05) is 0 Å². The fourth-order valence-electron chi connectivity index (χ4n) is 1.04. The lowest BCUT2D eigenvalue weighted by atomic mass is 10.1. The molecule has 2 N–H and O–H groups in total. The van der Waals surface area contributed by atoms with E-state index in [4.69, 9.17) is 10.2 Å². The van der Waals surface area contributed by atoms with E-state index in [1.165, 1.54) is 12.1 Å². The number of carbonyl (C=O) groups is 2. The summed E-state index contributed by atoms with van der Waals surface area (Å²) in [6.45, 7) is 0. The van der Waals surface area contributed by atoms with Crippen LogP contribution >= 0.6 is 0 Å². The van der Waals surface area contributed by atoms with E-state index in [2.05, 4.69) is 0 Å². The molecule has 0 fully saturated rings. The van der Waals surface area contributed by atoms with E-state index < -0.39 is 29.7 Å². The van der Waals surface area contributed by atoms with Gasteiger partial charge in [-0.3, -0.25) is 4.79 Å². The number of hydrogen-bond donors (Lipinski definition) is 2. The molecule has 0 radical (unpaired) electrons. The van der Waals surface area contributed by atoms with Crippen LogP contribution in [0.3, 0.4) is 0 Å². The highest BCUT2D eigenvalue weighted by Crippen LogP contribution is 2.13. The molecule has 0 saturated heterocycles. The van der Waals surface area contributed by atoms with Gasteiger partial charge in [-0.1, -0.05) is 12.1 Å². The third-order valence-electron chi connectivity index (χ3n) is 1.65. The van der Waals surface area contributed by atoms with E-state index in [9.17, 15) is 14.0 Å². The zero-order chi connectivity index (χ0) is 10.7. The van der Waals surface area contributed by atoms with E-state index in [0.717, 1.165) is 6.07 Å². The molecule has 0 aliphatic rings. The highest BCUT2D eigenvalue weighted by atomic mass is 19.1. The van der Waals surface area contributed by atoms with Crippen molar-refractivity contribution in [1.82, 2.24) is 0 Å². The number of carboxylic acid groups (broad SMARTS) is 2. The molecular formula is C9H7FO4. The largest absolute Gasteiger partial charge is 0.481 e. The maximum Gasteiger partial charge on any atom is 0.338 e. The molecule has 1 aromatic carbocycles. The van der Waals surface area contributed by atoms with Crippen LogP contribution in [-0.2, 0) is 11.2 Å². The number of benzene rings is 1. The molecule has 0 unspecified atom stereocenters. The topological polar surface area (TPSA) is 74.6 Å². The minimum atomic E-state index is -1.41. The summed E-state index contributed by atoms with van der Waals surface area (Å²) in [6.07, 6.45) is -0.521. The van der Waals surface area contributed by atoms with Gasteiger partial charge in [0.15, 0.2) is 0 Å². The zero-order valence-electron chi connectivity index (χ0n) is 7.03. The van der Waals surface area contributed by atoms with Gasteiger partial charge in [-0.25, -0.2) is 9.18 Å². The van der Waals surface area contributed by atoms with E-state index in [1.54, 1.807) is 0 Å². The van der Waals surface area contributed by atoms with Crippen molar-refractivity contribution in [3.8, 4) is 0 Å². The summed E-state index contributed by atoms with van der Waals surface area (Å²) >= 11 is 0. The van der Waals surface area contributed by atoms with Crippen LogP contribution in [0.5, 0.6) is 0 Å². The molecule has 0 amide bonds. The van der Waals surface area contributed by atoms with E-state index in [1.807, 2.05) is 0 Å². The summed E-state index contributed by atoms with van der Waals surface area (Å²) in [7, 11) is 0. The minimum Gasteiger partial charge on any atom is -0.481 e. The number of hydrogen-bond acceptors (Lipinski definition) is 2. The lowest BCUT2D eigenvalue weighted by Crippen LogP contribution is -2.07. The molecule has 0 atom stereocenters. The van der Waals surface area contributed by atoms with Gasteiger partial charge in [-0.05, 0) is 11.6 Å². The molecule has 0 aliphatic heterocycles. The summed E-state index contributed by atoms with van der Waals surface area (Å²) < 4.78 is 13.2. The van der Waals surface area contributed by atoms with Crippen molar-refractivity contribution < 1.29 is 24.2 Å². The van der Waals surface area contributed by atoms with Crippen LogP contribution in [0.15, 0.2) is 18.2 Å². The Morgan fingerprint density at radius 1 is 1.29 bits per heavy atom. The van der Waals surface area contributed by atoms with Crippen LogP contribution in [-0.4, -0.2) is 22.2 Å². The Morgan fingerprint density at radius 2 is 1.93 bits per heavy atom. The van der Waals surface area contributed by atoms with Crippen LogP contribution in [0.25, 0.3) is 0 Å². The maximum absolute atomic E-state index is 13.2. The lowest BCUT2D eigenvalue weighted by molar-refractivity contribution is -0.136. The van der Waals surface area contributed by atoms with Crippen molar-refractivity contribution in [1.29, 1.82) is 0 Å². The van der Waals surface area contributed by atoms with Crippen LogP contribution in [0.4, 0.5) is 4.39 Å². The Labute approximate surface area is 78.6 Å². The molecule has 0 saturated carbocycles. The maximum atomic E-state index is 13.2. The molecule has 14 heavy (non-hydrogen) atoms. The molecule has 5 heteroatoms. The van der Waals surface area contributed by atoms with Crippen molar-refractivity contribution in [3.63, 3.8) is 0 Å². The third-order valence-corrected chi connectivity index (χ3v) is 1.65. The standard InChI is InChI=1S/C9H7FO4/c10-8-5(4-7(11)12)2-1-3-6(8)9(13)14/h1-3H,4H2,(H,11,12)(H,13,14). The second kappa shape index (κ2) is 3.87. The Morgan fingerprint density at radius 3 is 2.43 bits per heavy atom. The number of rotatable bonds is 3. The Kier molecular flexibility index (Phi) is 2.81. The van der Waals surface area contributed by atoms with Gasteiger partial charge in [-0.2, -0.15) is 0 Å². The Balaban J connectivity index is 3.13. The molecule has 0 aliphatic carbocycles. The van der Waals surface area contributed by atoms with Gasteiger partial charge in [0.1, 0.15) is 5.82 Å².